The van der Waals surface area contributed by atoms with Crippen LogP contribution in [0, 0.1) is 0 Å². The van der Waals surface area contributed by atoms with Gasteiger partial charge in [0.2, 0.25) is 0 Å². The van der Waals surface area contributed by atoms with Crippen molar-refractivity contribution in [3.63, 3.8) is 0 Å². The van der Waals surface area contributed by atoms with Crippen molar-refractivity contribution in [1.29, 1.82) is 0 Å². The molecule has 38 heavy (non-hydrogen) atoms. The number of ketones is 1. The summed E-state index contributed by atoms with van der Waals surface area (Å²) in [6.07, 6.45) is 7.85. The fraction of sp³-hybridized carbons (Fsp3) is 0.121. The Kier molecular flexibility index (Phi) is 8.62. The van der Waals surface area contributed by atoms with Crippen LogP contribution in [0.5, 0.6) is 34.5 Å². The molecule has 4 aromatic rings. The minimum Gasteiger partial charge on any atom is -0.493 e. The Hall–Kier alpha value is -4.77. The van der Waals surface area contributed by atoms with Crippen molar-refractivity contribution in [1.82, 2.24) is 0 Å². The summed E-state index contributed by atoms with van der Waals surface area (Å²) in [7, 11) is 3.17. The summed E-state index contributed by atoms with van der Waals surface area (Å²) in [5, 5.41) is 0. The number of allylic oxidation sites excluding steroid dienone is 2. The normalized spacial score (nSPS) is 11.1. The highest BCUT2D eigenvalue weighted by Gasteiger charge is 2.22. The molecule has 0 fully saturated rings. The van der Waals surface area contributed by atoms with Crippen LogP contribution in [0.15, 0.2) is 97.1 Å². The molecule has 0 amide bonds. The largest absolute Gasteiger partial charge is 0.493 e. The fourth-order valence-electron chi connectivity index (χ4n) is 3.98. The van der Waals surface area contributed by atoms with E-state index in [9.17, 15) is 4.79 Å². The average Bonchev–Trinajstić information content (AvgIpc) is 2.95. The third-order valence-corrected chi connectivity index (χ3v) is 5.79. The molecule has 192 valence electrons. The van der Waals surface area contributed by atoms with E-state index >= 15 is 0 Å². The number of hydrogen-bond acceptors (Lipinski definition) is 5. The number of rotatable bonds is 10. The molecule has 0 atom stereocenters. The molecule has 0 aliphatic carbocycles. The van der Waals surface area contributed by atoms with Crippen LogP contribution < -0.4 is 18.9 Å². The lowest BCUT2D eigenvalue weighted by molar-refractivity contribution is 0.103. The number of ether oxygens (including phenoxy) is 4. The quantitative estimate of drug-likeness (QED) is 0.202. The fourth-order valence-corrected chi connectivity index (χ4v) is 3.98. The smallest absolute Gasteiger partial charge is 0.196 e. The molecule has 0 N–H and O–H groups in total. The lowest BCUT2D eigenvalue weighted by Gasteiger charge is -2.18. The molecular formula is C33H30O5. The van der Waals surface area contributed by atoms with Crippen LogP contribution in [0.3, 0.4) is 0 Å². The van der Waals surface area contributed by atoms with Crippen molar-refractivity contribution in [2.75, 3.05) is 14.2 Å². The molecule has 0 saturated heterocycles. The molecule has 4 aromatic carbocycles. The molecule has 0 radical (unpaired) electrons. The van der Waals surface area contributed by atoms with Crippen LogP contribution in [-0.4, -0.2) is 20.0 Å². The zero-order valence-corrected chi connectivity index (χ0v) is 21.9. The van der Waals surface area contributed by atoms with Crippen molar-refractivity contribution in [3.05, 3.63) is 119 Å². The molecule has 0 aliphatic rings. The number of methoxy groups -OCH3 is 2. The van der Waals surface area contributed by atoms with Gasteiger partial charge >= 0.3 is 0 Å². The van der Waals surface area contributed by atoms with E-state index in [-0.39, 0.29) is 11.5 Å². The molecule has 4 rings (SSSR count). The van der Waals surface area contributed by atoms with Gasteiger partial charge in [0, 0.05) is 5.56 Å². The Morgan fingerprint density at radius 3 is 1.74 bits per heavy atom. The molecule has 0 unspecified atom stereocenters. The summed E-state index contributed by atoms with van der Waals surface area (Å²) in [6, 6.07) is 25.6. The molecule has 0 saturated carbocycles. The number of carbonyl (C=O) groups excluding carboxylic acids is 1. The molecule has 0 aromatic heterocycles. The predicted molar refractivity (Wildman–Crippen MR) is 152 cm³/mol. The summed E-state index contributed by atoms with van der Waals surface area (Å²) < 4.78 is 23.9. The maximum absolute atomic E-state index is 13.6. The molecule has 0 aliphatic heterocycles. The predicted octanol–water partition coefficient (Wildman–Crippen LogP) is 8.59. The van der Waals surface area contributed by atoms with Crippen molar-refractivity contribution in [2.24, 2.45) is 0 Å². The van der Waals surface area contributed by atoms with Crippen LogP contribution in [0.25, 0.3) is 12.2 Å². The van der Waals surface area contributed by atoms with Gasteiger partial charge in [-0.05, 0) is 61.4 Å². The van der Waals surface area contributed by atoms with Crippen LogP contribution in [0.2, 0.25) is 0 Å². The second-order valence-electron chi connectivity index (χ2n) is 8.35. The topological polar surface area (TPSA) is 54.0 Å². The van der Waals surface area contributed by atoms with Gasteiger partial charge in [-0.1, -0.05) is 72.8 Å². The van der Waals surface area contributed by atoms with E-state index in [4.69, 9.17) is 18.9 Å². The summed E-state index contributed by atoms with van der Waals surface area (Å²) in [4.78, 5) is 13.6. The maximum Gasteiger partial charge on any atom is 0.196 e. The van der Waals surface area contributed by atoms with Crippen molar-refractivity contribution >= 4 is 17.9 Å². The van der Waals surface area contributed by atoms with Crippen LogP contribution in [-0.2, 0) is 0 Å². The van der Waals surface area contributed by atoms with E-state index in [1.165, 1.54) is 0 Å². The van der Waals surface area contributed by atoms with Gasteiger partial charge in [-0.25, -0.2) is 0 Å². The first-order valence-electron chi connectivity index (χ1n) is 12.3. The Morgan fingerprint density at radius 2 is 1.18 bits per heavy atom. The van der Waals surface area contributed by atoms with E-state index < -0.39 is 0 Å². The van der Waals surface area contributed by atoms with Crippen LogP contribution >= 0.6 is 0 Å². The van der Waals surface area contributed by atoms with Gasteiger partial charge in [-0.15, -0.1) is 0 Å². The molecular weight excluding hydrogens is 476 g/mol. The molecule has 0 heterocycles. The van der Waals surface area contributed by atoms with E-state index in [1.807, 2.05) is 92.7 Å². The minimum absolute atomic E-state index is 0.189. The minimum atomic E-state index is -0.189. The maximum atomic E-state index is 13.6. The highest BCUT2D eigenvalue weighted by atomic mass is 16.5. The second kappa shape index (κ2) is 12.5. The monoisotopic (exact) mass is 506 g/mol. The van der Waals surface area contributed by atoms with Gasteiger partial charge in [-0.3, -0.25) is 4.79 Å². The first-order chi connectivity index (χ1) is 18.6. The molecule has 0 bridgehead atoms. The summed E-state index contributed by atoms with van der Waals surface area (Å²) in [6.45, 7) is 3.90. The Bertz CT molecular complexity index is 1470. The van der Waals surface area contributed by atoms with Crippen molar-refractivity contribution in [2.45, 2.75) is 13.8 Å². The summed E-state index contributed by atoms with van der Waals surface area (Å²) in [5.74, 6) is 2.48. The first-order valence-corrected chi connectivity index (χ1v) is 12.3. The zero-order valence-electron chi connectivity index (χ0n) is 21.9. The Morgan fingerprint density at radius 1 is 0.605 bits per heavy atom. The Balaban J connectivity index is 1.83. The standard InChI is InChI=1S/C33H30O5/c1-5-11-23-17-19-27(30(21-23)35-3)37-29-16-10-15-26(32(34)25-13-8-7-9-14-25)33(29)38-28-20-18-24(12-6-2)22-31(28)36-4/h5-22H,1-4H3. The van der Waals surface area contributed by atoms with E-state index in [0.29, 0.717) is 39.9 Å². The lowest BCUT2D eigenvalue weighted by Crippen LogP contribution is -2.05. The van der Waals surface area contributed by atoms with E-state index in [1.54, 1.807) is 44.6 Å². The Labute approximate surface area is 223 Å². The van der Waals surface area contributed by atoms with Crippen molar-refractivity contribution < 1.29 is 23.7 Å². The summed E-state index contributed by atoms with van der Waals surface area (Å²) >= 11 is 0. The highest BCUT2D eigenvalue weighted by molar-refractivity contribution is 6.11. The SMILES string of the molecule is CC=Cc1ccc(Oc2cccc(C(=O)c3ccccc3)c2Oc2ccc(C=CC)cc2OC)c(OC)c1. The van der Waals surface area contributed by atoms with E-state index in [0.717, 1.165) is 11.1 Å². The summed E-state index contributed by atoms with van der Waals surface area (Å²) in [5.41, 5.74) is 2.84. The van der Waals surface area contributed by atoms with Gasteiger partial charge in [0.25, 0.3) is 0 Å². The molecule has 0 spiro atoms. The third kappa shape index (κ3) is 5.95. The van der Waals surface area contributed by atoms with Gasteiger partial charge in [0.15, 0.2) is 40.3 Å². The number of para-hydroxylation sites is 1. The third-order valence-electron chi connectivity index (χ3n) is 5.79. The van der Waals surface area contributed by atoms with Crippen LogP contribution in [0.1, 0.15) is 40.9 Å². The van der Waals surface area contributed by atoms with Crippen molar-refractivity contribution in [3.8, 4) is 34.5 Å². The zero-order chi connectivity index (χ0) is 26.9. The number of hydrogen-bond donors (Lipinski definition) is 0. The van der Waals surface area contributed by atoms with Gasteiger partial charge in [0.05, 0.1) is 19.8 Å². The number of carbonyl (C=O) groups is 1. The van der Waals surface area contributed by atoms with Gasteiger partial charge < -0.3 is 18.9 Å². The highest BCUT2D eigenvalue weighted by Crippen LogP contribution is 2.43. The van der Waals surface area contributed by atoms with Gasteiger partial charge in [0.1, 0.15) is 0 Å². The average molecular weight is 507 g/mol. The molecule has 5 nitrogen and oxygen atoms in total. The van der Waals surface area contributed by atoms with E-state index in [2.05, 4.69) is 0 Å². The lowest BCUT2D eigenvalue weighted by atomic mass is 10.0. The number of benzene rings is 4. The second-order valence-corrected chi connectivity index (χ2v) is 8.35. The van der Waals surface area contributed by atoms with Gasteiger partial charge in [-0.2, -0.15) is 0 Å². The molecule has 5 heteroatoms. The van der Waals surface area contributed by atoms with Crippen LogP contribution in [0.4, 0.5) is 0 Å². The first kappa shape index (κ1) is 26.3.